The fourth-order valence-electron chi connectivity index (χ4n) is 3.60. The van der Waals surface area contributed by atoms with E-state index in [1.54, 1.807) is 19.1 Å². The molecule has 0 radical (unpaired) electrons. The molecule has 1 aromatic carbocycles. The van der Waals surface area contributed by atoms with Crippen molar-refractivity contribution < 1.29 is 23.8 Å². The van der Waals surface area contributed by atoms with E-state index in [-0.39, 0.29) is 12.2 Å². The van der Waals surface area contributed by atoms with Crippen LogP contribution in [0.2, 0.25) is 0 Å². The molecule has 1 aromatic rings. The quantitative estimate of drug-likeness (QED) is 0.323. The molecule has 1 aliphatic rings. The van der Waals surface area contributed by atoms with Gasteiger partial charge in [-0.2, -0.15) is 0 Å². The Hall–Kier alpha value is -2.30. The van der Waals surface area contributed by atoms with Crippen molar-refractivity contribution in [1.82, 2.24) is 0 Å². The van der Waals surface area contributed by atoms with Gasteiger partial charge in [-0.25, -0.2) is 9.18 Å². The Balaban J connectivity index is 1.82. The average Bonchev–Trinajstić information content (AvgIpc) is 2.66. The van der Waals surface area contributed by atoms with Crippen LogP contribution in [0.4, 0.5) is 4.39 Å². The first-order valence-corrected chi connectivity index (χ1v) is 10.3. The monoisotopic (exact) mass is 404 g/mol. The average molecular weight is 405 g/mol. The summed E-state index contributed by atoms with van der Waals surface area (Å²) in [5.74, 6) is 0.764. The van der Waals surface area contributed by atoms with Crippen LogP contribution in [0.1, 0.15) is 64.0 Å². The van der Waals surface area contributed by atoms with Crippen LogP contribution in [-0.4, -0.2) is 30.0 Å². The number of phenols is 1. The van der Waals surface area contributed by atoms with E-state index in [2.05, 4.69) is 19.9 Å². The molecule has 0 fully saturated rings. The standard InChI is InChI=1S/C24H33FO4/c1-17(7-5-9-18(2)23(27)28-14-13-25)8-6-11-24(4)12-10-20-16-21(26)15-19(3)22(20)29-24/h8-9,15-16,26H,5-7,10-14H2,1-4H3/b17-8+,18-9+. The van der Waals surface area contributed by atoms with E-state index in [1.807, 2.05) is 13.0 Å². The lowest BCUT2D eigenvalue weighted by atomic mass is 9.87. The number of aromatic hydroxyl groups is 1. The van der Waals surface area contributed by atoms with Crippen LogP contribution in [0.15, 0.2) is 35.4 Å². The minimum Gasteiger partial charge on any atom is -0.508 e. The van der Waals surface area contributed by atoms with Crippen molar-refractivity contribution in [2.75, 3.05) is 13.3 Å². The number of ether oxygens (including phenoxy) is 2. The number of phenolic OH excluding ortho intramolecular Hbond substituents is 1. The van der Waals surface area contributed by atoms with Crippen molar-refractivity contribution in [3.8, 4) is 11.5 Å². The summed E-state index contributed by atoms with van der Waals surface area (Å²) in [6.07, 6.45) is 9.39. The molecule has 1 unspecified atom stereocenters. The molecule has 0 amide bonds. The Morgan fingerprint density at radius 2 is 2.07 bits per heavy atom. The van der Waals surface area contributed by atoms with Crippen LogP contribution in [-0.2, 0) is 16.0 Å². The fraction of sp³-hybridized carbons (Fsp3) is 0.542. The Kier molecular flexibility index (Phi) is 8.30. The zero-order valence-electron chi connectivity index (χ0n) is 18.0. The summed E-state index contributed by atoms with van der Waals surface area (Å²) in [5, 5.41) is 9.77. The second-order valence-corrected chi connectivity index (χ2v) is 8.14. The van der Waals surface area contributed by atoms with Crippen LogP contribution >= 0.6 is 0 Å². The van der Waals surface area contributed by atoms with Crippen LogP contribution in [0.5, 0.6) is 11.5 Å². The van der Waals surface area contributed by atoms with Gasteiger partial charge in [-0.3, -0.25) is 0 Å². The molecule has 5 heteroatoms. The lowest BCUT2D eigenvalue weighted by Crippen LogP contribution is -2.36. The molecule has 1 N–H and O–H groups in total. The summed E-state index contributed by atoms with van der Waals surface area (Å²) >= 11 is 0. The topological polar surface area (TPSA) is 55.8 Å². The third-order valence-corrected chi connectivity index (χ3v) is 5.40. The predicted octanol–water partition coefficient (Wildman–Crippen LogP) is 5.75. The van der Waals surface area contributed by atoms with E-state index in [0.717, 1.165) is 55.4 Å². The second kappa shape index (κ2) is 10.5. The van der Waals surface area contributed by atoms with Gasteiger partial charge in [0.05, 0.1) is 0 Å². The van der Waals surface area contributed by atoms with Crippen molar-refractivity contribution in [3.63, 3.8) is 0 Å². The first-order valence-electron chi connectivity index (χ1n) is 10.3. The normalized spacial score (nSPS) is 19.5. The van der Waals surface area contributed by atoms with Crippen LogP contribution in [0.3, 0.4) is 0 Å². The maximum atomic E-state index is 12.0. The van der Waals surface area contributed by atoms with Gasteiger partial charge in [-0.15, -0.1) is 0 Å². The molecule has 0 saturated heterocycles. The van der Waals surface area contributed by atoms with Gasteiger partial charge >= 0.3 is 5.97 Å². The number of hydrogen-bond donors (Lipinski definition) is 1. The van der Waals surface area contributed by atoms with Crippen LogP contribution < -0.4 is 4.74 Å². The lowest BCUT2D eigenvalue weighted by molar-refractivity contribution is -0.139. The maximum Gasteiger partial charge on any atom is 0.333 e. The zero-order chi connectivity index (χ0) is 21.4. The number of hydrogen-bond acceptors (Lipinski definition) is 4. The van der Waals surface area contributed by atoms with Crippen molar-refractivity contribution in [3.05, 3.63) is 46.6 Å². The van der Waals surface area contributed by atoms with Crippen LogP contribution in [0, 0.1) is 6.92 Å². The fourth-order valence-corrected chi connectivity index (χ4v) is 3.60. The van der Waals surface area contributed by atoms with Crippen LogP contribution in [0.25, 0.3) is 0 Å². The number of esters is 1. The third-order valence-electron chi connectivity index (χ3n) is 5.40. The number of alkyl halides is 1. The summed E-state index contributed by atoms with van der Waals surface area (Å²) in [6.45, 7) is 7.07. The summed E-state index contributed by atoms with van der Waals surface area (Å²) in [7, 11) is 0. The molecule has 0 saturated carbocycles. The molecular formula is C24H33FO4. The van der Waals surface area contributed by atoms with Gasteiger partial charge in [0.2, 0.25) is 0 Å². The highest BCUT2D eigenvalue weighted by molar-refractivity contribution is 5.87. The van der Waals surface area contributed by atoms with Crippen molar-refractivity contribution in [1.29, 1.82) is 0 Å². The summed E-state index contributed by atoms with van der Waals surface area (Å²) in [6, 6.07) is 3.55. The Bertz CT molecular complexity index is 781. The van der Waals surface area contributed by atoms with E-state index in [1.165, 1.54) is 5.57 Å². The Morgan fingerprint density at radius 1 is 1.31 bits per heavy atom. The molecule has 1 aliphatic heterocycles. The second-order valence-electron chi connectivity index (χ2n) is 8.14. The van der Waals surface area contributed by atoms with Gasteiger partial charge in [-0.05, 0) is 89.5 Å². The molecular weight excluding hydrogens is 371 g/mol. The number of carbonyl (C=O) groups excluding carboxylic acids is 1. The zero-order valence-corrected chi connectivity index (χ0v) is 18.0. The number of aryl methyl sites for hydroxylation is 2. The maximum absolute atomic E-state index is 12.0. The number of allylic oxidation sites excluding steroid dienone is 3. The molecule has 4 nitrogen and oxygen atoms in total. The van der Waals surface area contributed by atoms with E-state index in [0.29, 0.717) is 11.3 Å². The number of fused-ring (bicyclic) bond motifs is 1. The third kappa shape index (κ3) is 6.91. The van der Waals surface area contributed by atoms with Gasteiger partial charge in [0.15, 0.2) is 0 Å². The highest BCUT2D eigenvalue weighted by Gasteiger charge is 2.31. The molecule has 160 valence electrons. The number of benzene rings is 1. The largest absolute Gasteiger partial charge is 0.508 e. The molecule has 2 rings (SSSR count). The van der Waals surface area contributed by atoms with Crippen molar-refractivity contribution in [2.24, 2.45) is 0 Å². The molecule has 0 spiro atoms. The Labute approximate surface area is 173 Å². The lowest BCUT2D eigenvalue weighted by Gasteiger charge is -2.36. The van der Waals surface area contributed by atoms with E-state index >= 15 is 0 Å². The molecule has 1 atom stereocenters. The summed E-state index contributed by atoms with van der Waals surface area (Å²) in [5.41, 5.74) is 3.65. The van der Waals surface area contributed by atoms with Crippen molar-refractivity contribution in [2.45, 2.75) is 71.8 Å². The first kappa shape index (κ1) is 23.0. The number of carbonyl (C=O) groups is 1. The molecule has 29 heavy (non-hydrogen) atoms. The highest BCUT2D eigenvalue weighted by Crippen LogP contribution is 2.39. The minimum atomic E-state index is -0.656. The number of halogens is 1. The predicted molar refractivity (Wildman–Crippen MR) is 113 cm³/mol. The molecule has 0 aromatic heterocycles. The van der Waals surface area contributed by atoms with E-state index in [4.69, 9.17) is 9.47 Å². The smallest absolute Gasteiger partial charge is 0.333 e. The van der Waals surface area contributed by atoms with Gasteiger partial charge in [0.1, 0.15) is 30.4 Å². The summed E-state index contributed by atoms with van der Waals surface area (Å²) < 4.78 is 23.1. The van der Waals surface area contributed by atoms with E-state index in [9.17, 15) is 14.3 Å². The van der Waals surface area contributed by atoms with Crippen molar-refractivity contribution >= 4 is 5.97 Å². The van der Waals surface area contributed by atoms with Gasteiger partial charge in [0, 0.05) is 5.57 Å². The molecule has 1 heterocycles. The summed E-state index contributed by atoms with van der Waals surface area (Å²) in [4.78, 5) is 11.6. The Morgan fingerprint density at radius 3 is 2.79 bits per heavy atom. The minimum absolute atomic E-state index is 0.186. The number of rotatable bonds is 9. The molecule has 0 aliphatic carbocycles. The van der Waals surface area contributed by atoms with Gasteiger partial charge in [-0.1, -0.05) is 17.7 Å². The van der Waals surface area contributed by atoms with E-state index < -0.39 is 12.6 Å². The SMILES string of the molecule is C/C(=C\CCC1(C)CCc2cc(O)cc(C)c2O1)CC/C=C(\C)C(=O)OCCF. The first-order chi connectivity index (χ1) is 13.7. The van der Waals surface area contributed by atoms with Gasteiger partial charge in [0.25, 0.3) is 0 Å². The molecule has 0 bridgehead atoms. The highest BCUT2D eigenvalue weighted by atomic mass is 19.1. The van der Waals surface area contributed by atoms with Gasteiger partial charge < -0.3 is 14.6 Å².